The van der Waals surface area contributed by atoms with Gasteiger partial charge in [-0.3, -0.25) is 19.3 Å². The Bertz CT molecular complexity index is 1410. The summed E-state index contributed by atoms with van der Waals surface area (Å²) in [5, 5.41) is 0.188. The smallest absolute Gasteiger partial charge is 0.294 e. The minimum atomic E-state index is -0.482. The van der Waals surface area contributed by atoms with E-state index >= 15 is 0 Å². The topological polar surface area (TPSA) is 66.9 Å². The molecule has 37 heavy (non-hydrogen) atoms. The lowest BCUT2D eigenvalue weighted by Gasteiger charge is -2.29. The van der Waals surface area contributed by atoms with Crippen molar-refractivity contribution in [2.24, 2.45) is 0 Å². The third-order valence-electron chi connectivity index (χ3n) is 6.22. The number of benzene rings is 3. The van der Waals surface area contributed by atoms with E-state index in [2.05, 4.69) is 22.0 Å². The van der Waals surface area contributed by atoms with Crippen LogP contribution in [-0.2, 0) is 29.2 Å². The fraction of sp³-hybridized carbons (Fsp3) is 0.179. The van der Waals surface area contributed by atoms with Crippen LogP contribution in [0.4, 0.5) is 4.79 Å². The van der Waals surface area contributed by atoms with Crippen LogP contribution in [0.3, 0.4) is 0 Å². The zero-order valence-electron chi connectivity index (χ0n) is 19.7. The fourth-order valence-electron chi connectivity index (χ4n) is 4.23. The maximum atomic E-state index is 13.1. The van der Waals surface area contributed by atoms with Crippen LogP contribution in [0.25, 0.3) is 6.08 Å². The molecule has 1 fully saturated rings. The Morgan fingerprint density at radius 3 is 2.59 bits per heavy atom. The van der Waals surface area contributed by atoms with Crippen LogP contribution in [0.2, 0.25) is 5.02 Å². The van der Waals surface area contributed by atoms with Crippen LogP contribution >= 0.6 is 39.3 Å². The minimum Gasteiger partial charge on any atom is -0.488 e. The van der Waals surface area contributed by atoms with Crippen molar-refractivity contribution in [1.29, 1.82) is 0 Å². The molecule has 5 rings (SSSR count). The van der Waals surface area contributed by atoms with Gasteiger partial charge in [-0.05, 0) is 71.3 Å². The van der Waals surface area contributed by atoms with E-state index in [4.69, 9.17) is 16.3 Å². The summed E-state index contributed by atoms with van der Waals surface area (Å²) in [7, 11) is 0. The number of carbonyl (C=O) groups is 3. The summed E-state index contributed by atoms with van der Waals surface area (Å²) in [4.78, 5) is 41.8. The van der Waals surface area contributed by atoms with Crippen LogP contribution in [0.5, 0.6) is 5.75 Å². The van der Waals surface area contributed by atoms with Crippen LogP contribution in [0.1, 0.15) is 22.3 Å². The van der Waals surface area contributed by atoms with Gasteiger partial charge in [0.05, 0.1) is 4.91 Å². The predicted molar refractivity (Wildman–Crippen MR) is 148 cm³/mol. The summed E-state index contributed by atoms with van der Waals surface area (Å²) in [6.07, 6.45) is 2.39. The van der Waals surface area contributed by atoms with Gasteiger partial charge in [0, 0.05) is 28.1 Å². The summed E-state index contributed by atoms with van der Waals surface area (Å²) in [6, 6.07) is 20.8. The summed E-state index contributed by atoms with van der Waals surface area (Å²) < 4.78 is 6.80. The molecule has 1 saturated heterocycles. The molecule has 0 unspecified atom stereocenters. The maximum Gasteiger partial charge on any atom is 0.294 e. The first-order valence-electron chi connectivity index (χ1n) is 11.6. The molecule has 9 heteroatoms. The second kappa shape index (κ2) is 11.1. The van der Waals surface area contributed by atoms with Crippen molar-refractivity contribution < 1.29 is 19.1 Å². The number of fused-ring (bicyclic) bond motifs is 1. The Kier molecular flexibility index (Phi) is 7.69. The van der Waals surface area contributed by atoms with Crippen molar-refractivity contribution >= 4 is 62.4 Å². The standard InChI is InChI=1S/C28H22BrClN2O4S/c29-22-7-10-24(36-17-18-5-8-23(30)9-6-18)21(13-22)14-25-27(34)32(28(35)37-25)16-26(33)31-12-11-19-3-1-2-4-20(19)15-31/h1-10,13-14H,11-12,15-17H2/b25-14+. The molecular formula is C28H22BrClN2O4S. The SMILES string of the molecule is O=C(CN1C(=O)S/C(=C/c2cc(Br)ccc2OCc2ccc(Cl)cc2)C1=O)N1CCc2ccccc2C1. The number of hydrogen-bond acceptors (Lipinski definition) is 5. The molecule has 0 aliphatic carbocycles. The molecule has 0 radical (unpaired) electrons. The minimum absolute atomic E-state index is 0.243. The molecule has 0 aromatic heterocycles. The Morgan fingerprint density at radius 1 is 1.05 bits per heavy atom. The lowest BCUT2D eigenvalue weighted by Crippen LogP contribution is -2.44. The highest BCUT2D eigenvalue weighted by Crippen LogP contribution is 2.35. The second-order valence-corrected chi connectivity index (χ2v) is 11.0. The number of nitrogens with zero attached hydrogens (tertiary/aromatic N) is 2. The Hall–Kier alpha value is -3.07. The van der Waals surface area contributed by atoms with E-state index in [0.717, 1.165) is 38.7 Å². The summed E-state index contributed by atoms with van der Waals surface area (Å²) in [6.45, 7) is 1.08. The van der Waals surface area contributed by atoms with Gasteiger partial charge in [-0.15, -0.1) is 0 Å². The number of imide groups is 1. The average Bonchev–Trinajstić information content (AvgIpc) is 3.16. The highest BCUT2D eigenvalue weighted by molar-refractivity contribution is 9.10. The lowest BCUT2D eigenvalue weighted by molar-refractivity contribution is -0.136. The molecule has 3 amide bonds. The third kappa shape index (κ3) is 5.92. The van der Waals surface area contributed by atoms with E-state index < -0.39 is 11.1 Å². The number of thioether (sulfide) groups is 1. The predicted octanol–water partition coefficient (Wildman–Crippen LogP) is 6.30. The fourth-order valence-corrected chi connectivity index (χ4v) is 5.56. The van der Waals surface area contributed by atoms with E-state index in [1.165, 1.54) is 5.56 Å². The Morgan fingerprint density at radius 2 is 1.81 bits per heavy atom. The van der Waals surface area contributed by atoms with E-state index in [-0.39, 0.29) is 17.4 Å². The number of amides is 3. The molecule has 2 heterocycles. The van der Waals surface area contributed by atoms with Crippen molar-refractivity contribution in [3.63, 3.8) is 0 Å². The lowest BCUT2D eigenvalue weighted by atomic mass is 10.00. The van der Waals surface area contributed by atoms with E-state index in [0.29, 0.717) is 36.0 Å². The van der Waals surface area contributed by atoms with Crippen molar-refractivity contribution in [3.8, 4) is 5.75 Å². The van der Waals surface area contributed by atoms with Crippen molar-refractivity contribution in [2.45, 2.75) is 19.6 Å². The van der Waals surface area contributed by atoms with Crippen molar-refractivity contribution in [3.05, 3.63) is 103 Å². The van der Waals surface area contributed by atoms with Gasteiger partial charge in [0.2, 0.25) is 5.91 Å². The molecule has 0 atom stereocenters. The number of ether oxygens (including phenoxy) is 1. The van der Waals surface area contributed by atoms with Crippen LogP contribution < -0.4 is 4.74 Å². The zero-order chi connectivity index (χ0) is 25.9. The van der Waals surface area contributed by atoms with Gasteiger partial charge >= 0.3 is 0 Å². The molecule has 0 spiro atoms. The van der Waals surface area contributed by atoms with Gasteiger partial charge in [0.25, 0.3) is 11.1 Å². The molecule has 2 aliphatic heterocycles. The second-order valence-electron chi connectivity index (χ2n) is 8.70. The van der Waals surface area contributed by atoms with Gasteiger partial charge in [-0.2, -0.15) is 0 Å². The Labute approximate surface area is 232 Å². The number of hydrogen-bond donors (Lipinski definition) is 0. The van der Waals surface area contributed by atoms with Gasteiger partial charge < -0.3 is 9.64 Å². The van der Waals surface area contributed by atoms with Gasteiger partial charge in [0.1, 0.15) is 18.9 Å². The molecule has 188 valence electrons. The van der Waals surface area contributed by atoms with Crippen LogP contribution in [0.15, 0.2) is 76.1 Å². The molecule has 6 nitrogen and oxygen atoms in total. The maximum absolute atomic E-state index is 13.1. The first kappa shape index (κ1) is 25.6. The number of carbonyl (C=O) groups excluding carboxylic acids is 3. The Balaban J connectivity index is 1.29. The first-order valence-corrected chi connectivity index (χ1v) is 13.6. The molecule has 0 bridgehead atoms. The highest BCUT2D eigenvalue weighted by atomic mass is 79.9. The summed E-state index contributed by atoms with van der Waals surface area (Å²) in [5.74, 6) is -0.162. The van der Waals surface area contributed by atoms with Crippen LogP contribution in [0, 0.1) is 0 Å². The third-order valence-corrected chi connectivity index (χ3v) is 7.87. The van der Waals surface area contributed by atoms with E-state index in [1.54, 1.807) is 29.2 Å². The summed E-state index contributed by atoms with van der Waals surface area (Å²) in [5.41, 5.74) is 3.91. The molecule has 3 aromatic carbocycles. The number of halogens is 2. The van der Waals surface area contributed by atoms with Gasteiger partial charge in [0.15, 0.2) is 0 Å². The van der Waals surface area contributed by atoms with E-state index in [9.17, 15) is 14.4 Å². The number of rotatable bonds is 6. The summed E-state index contributed by atoms with van der Waals surface area (Å²) >= 11 is 10.2. The van der Waals surface area contributed by atoms with Gasteiger partial charge in [-0.1, -0.05) is 63.9 Å². The highest BCUT2D eigenvalue weighted by Gasteiger charge is 2.37. The molecule has 2 aliphatic rings. The first-order chi connectivity index (χ1) is 17.9. The molecule has 0 saturated carbocycles. The molecular weight excluding hydrogens is 576 g/mol. The molecule has 3 aromatic rings. The van der Waals surface area contributed by atoms with Crippen LogP contribution in [-0.4, -0.2) is 39.9 Å². The quantitative estimate of drug-likeness (QED) is 0.312. The average molecular weight is 598 g/mol. The van der Waals surface area contributed by atoms with Crippen molar-refractivity contribution in [2.75, 3.05) is 13.1 Å². The molecule has 0 N–H and O–H groups in total. The monoisotopic (exact) mass is 596 g/mol. The normalized spacial score (nSPS) is 16.3. The van der Waals surface area contributed by atoms with Gasteiger partial charge in [-0.25, -0.2) is 0 Å². The zero-order valence-corrected chi connectivity index (χ0v) is 22.8. The largest absolute Gasteiger partial charge is 0.488 e. The van der Waals surface area contributed by atoms with E-state index in [1.807, 2.05) is 42.5 Å². The van der Waals surface area contributed by atoms with Crippen molar-refractivity contribution in [1.82, 2.24) is 9.80 Å².